The maximum atomic E-state index is 12.8. The first-order valence-corrected chi connectivity index (χ1v) is 7.31. The monoisotopic (exact) mass is 312 g/mol. The van der Waals surface area contributed by atoms with Crippen molar-refractivity contribution < 1.29 is 13.9 Å². The van der Waals surface area contributed by atoms with Crippen molar-refractivity contribution in [2.24, 2.45) is 0 Å². The smallest absolute Gasteiger partial charge is 0.260 e. The number of hydrogen-bond acceptors (Lipinski definition) is 2. The van der Waals surface area contributed by atoms with Crippen LogP contribution in [0.5, 0.6) is 5.75 Å². The molecule has 118 valence electrons. The minimum Gasteiger partial charge on any atom is -0.484 e. The number of aromatic nitrogens is 1. The van der Waals surface area contributed by atoms with E-state index in [9.17, 15) is 9.18 Å². The van der Waals surface area contributed by atoms with Crippen molar-refractivity contribution in [1.82, 2.24) is 9.88 Å². The fourth-order valence-corrected chi connectivity index (χ4v) is 2.39. The number of benzene rings is 2. The Morgan fingerprint density at radius 2 is 1.91 bits per heavy atom. The fourth-order valence-electron chi connectivity index (χ4n) is 2.39. The number of nitrogens with one attached hydrogen (secondary N) is 1. The van der Waals surface area contributed by atoms with Gasteiger partial charge in [-0.05, 0) is 35.9 Å². The molecule has 1 aromatic heterocycles. The van der Waals surface area contributed by atoms with Crippen molar-refractivity contribution in [2.75, 3.05) is 13.7 Å². The number of amides is 1. The quantitative estimate of drug-likeness (QED) is 0.785. The Balaban J connectivity index is 1.60. The molecule has 2 aromatic carbocycles. The molecule has 0 radical (unpaired) electrons. The number of carbonyl (C=O) groups is 1. The second-order valence-electron chi connectivity index (χ2n) is 5.35. The first-order chi connectivity index (χ1) is 11.1. The largest absolute Gasteiger partial charge is 0.484 e. The molecule has 0 atom stereocenters. The van der Waals surface area contributed by atoms with Gasteiger partial charge in [-0.1, -0.05) is 18.2 Å². The molecule has 0 aliphatic heterocycles. The summed E-state index contributed by atoms with van der Waals surface area (Å²) in [5, 5.41) is 1.10. The van der Waals surface area contributed by atoms with E-state index in [0.717, 1.165) is 16.5 Å². The normalized spacial score (nSPS) is 10.7. The summed E-state index contributed by atoms with van der Waals surface area (Å²) in [6, 6.07) is 13.6. The van der Waals surface area contributed by atoms with Crippen LogP contribution in [0.1, 0.15) is 5.56 Å². The van der Waals surface area contributed by atoms with Gasteiger partial charge in [-0.3, -0.25) is 4.79 Å². The number of halogens is 1. The van der Waals surface area contributed by atoms with E-state index < -0.39 is 0 Å². The lowest BCUT2D eigenvalue weighted by molar-refractivity contribution is -0.132. The first-order valence-electron chi connectivity index (χ1n) is 7.31. The predicted octanol–water partition coefficient (Wildman–Crippen LogP) is 3.34. The van der Waals surface area contributed by atoms with Crippen LogP contribution in [0.3, 0.4) is 0 Å². The van der Waals surface area contributed by atoms with Crippen LogP contribution in [0.2, 0.25) is 0 Å². The lowest BCUT2D eigenvalue weighted by atomic mass is 10.1. The van der Waals surface area contributed by atoms with Crippen LogP contribution in [0.15, 0.2) is 54.7 Å². The third-order valence-corrected chi connectivity index (χ3v) is 3.68. The highest BCUT2D eigenvalue weighted by atomic mass is 19.1. The van der Waals surface area contributed by atoms with Crippen molar-refractivity contribution in [1.29, 1.82) is 0 Å². The van der Waals surface area contributed by atoms with Gasteiger partial charge in [0.15, 0.2) is 6.61 Å². The number of likely N-dealkylation sites (N-methyl/N-ethyl adjacent to an activating group) is 1. The van der Waals surface area contributed by atoms with Gasteiger partial charge in [-0.2, -0.15) is 0 Å². The van der Waals surface area contributed by atoms with E-state index in [4.69, 9.17) is 4.74 Å². The molecule has 23 heavy (non-hydrogen) atoms. The molecule has 1 heterocycles. The third-order valence-electron chi connectivity index (χ3n) is 3.68. The summed E-state index contributed by atoms with van der Waals surface area (Å²) in [7, 11) is 1.73. The Hall–Kier alpha value is -2.82. The Morgan fingerprint density at radius 3 is 2.70 bits per heavy atom. The molecular weight excluding hydrogens is 295 g/mol. The van der Waals surface area contributed by atoms with Crippen LogP contribution in [0, 0.1) is 5.82 Å². The van der Waals surface area contributed by atoms with Crippen LogP contribution >= 0.6 is 0 Å². The number of aromatic amines is 1. The Kier molecular flexibility index (Phi) is 4.28. The van der Waals surface area contributed by atoms with Gasteiger partial charge in [0.25, 0.3) is 5.91 Å². The van der Waals surface area contributed by atoms with Gasteiger partial charge in [0.05, 0.1) is 0 Å². The van der Waals surface area contributed by atoms with Crippen molar-refractivity contribution >= 4 is 16.8 Å². The van der Waals surface area contributed by atoms with E-state index in [2.05, 4.69) is 4.98 Å². The molecule has 0 bridgehead atoms. The summed E-state index contributed by atoms with van der Waals surface area (Å²) in [4.78, 5) is 17.0. The molecule has 1 N–H and O–H groups in total. The van der Waals surface area contributed by atoms with Crippen LogP contribution < -0.4 is 4.74 Å². The minimum atomic E-state index is -0.333. The van der Waals surface area contributed by atoms with E-state index in [1.807, 2.05) is 30.5 Å². The topological polar surface area (TPSA) is 45.3 Å². The second-order valence-corrected chi connectivity index (χ2v) is 5.35. The highest BCUT2D eigenvalue weighted by Crippen LogP contribution is 2.19. The van der Waals surface area contributed by atoms with Crippen LogP contribution in [0.4, 0.5) is 4.39 Å². The van der Waals surface area contributed by atoms with E-state index in [1.165, 1.54) is 24.3 Å². The van der Waals surface area contributed by atoms with Crippen molar-refractivity contribution in [3.05, 3.63) is 66.1 Å². The van der Waals surface area contributed by atoms with Gasteiger partial charge in [0.2, 0.25) is 0 Å². The molecule has 3 aromatic rings. The van der Waals surface area contributed by atoms with Crippen molar-refractivity contribution in [2.45, 2.75) is 6.54 Å². The van der Waals surface area contributed by atoms with Crippen LogP contribution in [-0.2, 0) is 11.3 Å². The highest BCUT2D eigenvalue weighted by molar-refractivity contribution is 5.84. The summed E-state index contributed by atoms with van der Waals surface area (Å²) >= 11 is 0. The molecule has 0 saturated carbocycles. The number of carbonyl (C=O) groups excluding carboxylic acids is 1. The second kappa shape index (κ2) is 6.52. The predicted molar refractivity (Wildman–Crippen MR) is 86.7 cm³/mol. The third kappa shape index (κ3) is 3.51. The number of H-pyrrole nitrogens is 1. The van der Waals surface area contributed by atoms with Crippen molar-refractivity contribution in [3.8, 4) is 5.75 Å². The summed E-state index contributed by atoms with van der Waals surface area (Å²) in [5.74, 6) is -0.0000177. The van der Waals surface area contributed by atoms with Gasteiger partial charge >= 0.3 is 0 Å². The highest BCUT2D eigenvalue weighted by Gasteiger charge is 2.12. The maximum absolute atomic E-state index is 12.8. The molecule has 4 nitrogen and oxygen atoms in total. The van der Waals surface area contributed by atoms with Crippen molar-refractivity contribution in [3.63, 3.8) is 0 Å². The Bertz CT molecular complexity index is 811. The molecule has 0 spiro atoms. The van der Waals surface area contributed by atoms with E-state index in [0.29, 0.717) is 12.3 Å². The molecule has 0 unspecified atom stereocenters. The standard InChI is InChI=1S/C18H17FN2O2/c1-21(11-13-10-20-17-5-3-2-4-16(13)17)18(22)12-23-15-8-6-14(19)7-9-15/h2-10,20H,11-12H2,1H3. The zero-order valence-corrected chi connectivity index (χ0v) is 12.8. The molecular formula is C18H17FN2O2. The molecule has 0 aliphatic carbocycles. The number of ether oxygens (including phenoxy) is 1. The zero-order valence-electron chi connectivity index (χ0n) is 12.8. The molecule has 0 saturated heterocycles. The van der Waals surface area contributed by atoms with E-state index in [1.54, 1.807) is 11.9 Å². The van der Waals surface area contributed by atoms with Gasteiger partial charge in [-0.25, -0.2) is 4.39 Å². The minimum absolute atomic E-state index is 0.0789. The average molecular weight is 312 g/mol. The number of para-hydroxylation sites is 1. The summed E-state index contributed by atoms with van der Waals surface area (Å²) < 4.78 is 18.2. The van der Waals surface area contributed by atoms with Gasteiger partial charge in [0, 0.05) is 30.7 Å². The number of hydrogen-bond donors (Lipinski definition) is 1. The average Bonchev–Trinajstić information content (AvgIpc) is 2.97. The van der Waals surface area contributed by atoms with Gasteiger partial charge in [0.1, 0.15) is 11.6 Å². The van der Waals surface area contributed by atoms with E-state index >= 15 is 0 Å². The fraction of sp³-hybridized carbons (Fsp3) is 0.167. The molecule has 5 heteroatoms. The van der Waals surface area contributed by atoms with Gasteiger partial charge < -0.3 is 14.6 Å². The number of nitrogens with zero attached hydrogens (tertiary/aromatic N) is 1. The molecule has 3 rings (SSSR count). The molecule has 1 amide bonds. The summed E-state index contributed by atoms with van der Waals surface area (Å²) in [6.45, 7) is 0.417. The Labute approximate surface area is 133 Å². The summed E-state index contributed by atoms with van der Waals surface area (Å²) in [5.41, 5.74) is 2.10. The SMILES string of the molecule is CN(Cc1c[nH]c2ccccc12)C(=O)COc1ccc(F)cc1. The summed E-state index contributed by atoms with van der Waals surface area (Å²) in [6.07, 6.45) is 1.91. The van der Waals surface area contributed by atoms with Crippen LogP contribution in [0.25, 0.3) is 10.9 Å². The molecule has 0 aliphatic rings. The lowest BCUT2D eigenvalue weighted by Crippen LogP contribution is -2.30. The number of fused-ring (bicyclic) bond motifs is 1. The van der Waals surface area contributed by atoms with Gasteiger partial charge in [-0.15, -0.1) is 0 Å². The zero-order chi connectivity index (χ0) is 16.2. The molecule has 0 fully saturated rings. The Morgan fingerprint density at radius 1 is 1.17 bits per heavy atom. The lowest BCUT2D eigenvalue weighted by Gasteiger charge is -2.17. The van der Waals surface area contributed by atoms with E-state index in [-0.39, 0.29) is 18.3 Å². The van der Waals surface area contributed by atoms with Crippen LogP contribution in [-0.4, -0.2) is 29.4 Å². The maximum Gasteiger partial charge on any atom is 0.260 e. The first kappa shape index (κ1) is 15.1. The number of rotatable bonds is 5.